The number of carbonyl (C=O) groups is 1. The summed E-state index contributed by atoms with van der Waals surface area (Å²) in [7, 11) is 0. The molecule has 0 aromatic heterocycles. The van der Waals surface area contributed by atoms with E-state index in [1.807, 2.05) is 13.8 Å². The third-order valence-electron chi connectivity index (χ3n) is 2.10. The lowest BCUT2D eigenvalue weighted by molar-refractivity contribution is -0.144. The summed E-state index contributed by atoms with van der Waals surface area (Å²) in [5.41, 5.74) is 4.76. The first-order chi connectivity index (χ1) is 5.56. The van der Waals surface area contributed by atoms with E-state index in [-0.39, 0.29) is 12.4 Å². The Morgan fingerprint density at radius 3 is 2.15 bits per heavy atom. The lowest BCUT2D eigenvalue weighted by Crippen LogP contribution is -2.47. The van der Waals surface area contributed by atoms with Crippen LogP contribution < -0.4 is 5.73 Å². The quantitative estimate of drug-likeness (QED) is 0.705. The molecule has 0 rings (SSSR count). The summed E-state index contributed by atoms with van der Waals surface area (Å²) < 4.78 is 0. The highest BCUT2D eigenvalue weighted by Gasteiger charge is 2.31. The highest BCUT2D eigenvalue weighted by molar-refractivity contribution is 5.85. The van der Waals surface area contributed by atoms with E-state index in [0.29, 0.717) is 12.8 Å². The van der Waals surface area contributed by atoms with Crippen molar-refractivity contribution < 1.29 is 9.90 Å². The standard InChI is InChI=1S/C9H19NO2.ClH/c1-3-5-7-9(10,6-4-2)8(11)12;/h3-7,10H2,1-2H3,(H,11,12);1H/t9-;/m0./s1. The molecule has 0 aliphatic rings. The SMILES string of the molecule is CCCC[C@@](N)(CCC)C(=O)O.Cl. The minimum Gasteiger partial charge on any atom is -0.480 e. The van der Waals surface area contributed by atoms with E-state index in [0.717, 1.165) is 19.3 Å². The zero-order valence-electron chi connectivity index (χ0n) is 8.38. The maximum atomic E-state index is 10.8. The van der Waals surface area contributed by atoms with E-state index in [1.54, 1.807) is 0 Å². The van der Waals surface area contributed by atoms with Crippen LogP contribution in [-0.2, 0) is 4.79 Å². The molecule has 0 heterocycles. The Labute approximate surface area is 86.1 Å². The summed E-state index contributed by atoms with van der Waals surface area (Å²) in [5, 5.41) is 8.87. The molecule has 0 fully saturated rings. The summed E-state index contributed by atoms with van der Waals surface area (Å²) in [5.74, 6) is -0.863. The molecule has 0 saturated carbocycles. The number of nitrogens with two attached hydrogens (primary N) is 1. The lowest BCUT2D eigenvalue weighted by atomic mass is 9.89. The number of rotatable bonds is 6. The highest BCUT2D eigenvalue weighted by atomic mass is 35.5. The third kappa shape index (κ3) is 5.11. The zero-order valence-corrected chi connectivity index (χ0v) is 9.19. The molecule has 3 N–H and O–H groups in total. The molecule has 0 aromatic carbocycles. The Bertz CT molecular complexity index is 153. The van der Waals surface area contributed by atoms with Crippen LogP contribution in [0, 0.1) is 0 Å². The smallest absolute Gasteiger partial charge is 0.323 e. The molecule has 1 atom stereocenters. The molecule has 4 heteroatoms. The summed E-state index contributed by atoms with van der Waals surface area (Å²) in [6, 6.07) is 0. The molecule has 0 unspecified atom stereocenters. The number of carboxylic acids is 1. The number of carboxylic acid groups (broad SMARTS) is 1. The monoisotopic (exact) mass is 209 g/mol. The molecule has 0 aliphatic heterocycles. The molecular weight excluding hydrogens is 190 g/mol. The van der Waals surface area contributed by atoms with Crippen molar-refractivity contribution in [2.75, 3.05) is 0 Å². The topological polar surface area (TPSA) is 63.3 Å². The van der Waals surface area contributed by atoms with Gasteiger partial charge in [-0.2, -0.15) is 0 Å². The van der Waals surface area contributed by atoms with Crippen LogP contribution in [0.2, 0.25) is 0 Å². The fourth-order valence-corrected chi connectivity index (χ4v) is 1.28. The second-order valence-electron chi connectivity index (χ2n) is 3.31. The highest BCUT2D eigenvalue weighted by Crippen LogP contribution is 2.17. The molecular formula is C9H20ClNO2. The van der Waals surface area contributed by atoms with Gasteiger partial charge >= 0.3 is 5.97 Å². The summed E-state index contributed by atoms with van der Waals surface area (Å²) in [6.07, 6.45) is 3.88. The minimum absolute atomic E-state index is 0. The van der Waals surface area contributed by atoms with Gasteiger partial charge in [-0.3, -0.25) is 4.79 Å². The van der Waals surface area contributed by atoms with Gasteiger partial charge in [0.15, 0.2) is 0 Å². The Balaban J connectivity index is 0. The first-order valence-corrected chi connectivity index (χ1v) is 4.59. The van der Waals surface area contributed by atoms with Crippen molar-refractivity contribution in [3.63, 3.8) is 0 Å². The van der Waals surface area contributed by atoms with Crippen LogP contribution in [0.3, 0.4) is 0 Å². The number of halogens is 1. The van der Waals surface area contributed by atoms with Crippen molar-refractivity contribution in [2.24, 2.45) is 5.73 Å². The first kappa shape index (κ1) is 15.2. The molecule has 13 heavy (non-hydrogen) atoms. The number of hydrogen-bond acceptors (Lipinski definition) is 2. The van der Waals surface area contributed by atoms with Crippen molar-refractivity contribution in [2.45, 2.75) is 51.5 Å². The van der Waals surface area contributed by atoms with Crippen LogP contribution in [0.5, 0.6) is 0 Å². The van der Waals surface area contributed by atoms with Gasteiger partial charge in [-0.05, 0) is 12.8 Å². The summed E-state index contributed by atoms with van der Waals surface area (Å²) in [4.78, 5) is 10.8. The fraction of sp³-hybridized carbons (Fsp3) is 0.889. The van der Waals surface area contributed by atoms with Gasteiger partial charge in [-0.15, -0.1) is 12.4 Å². The Morgan fingerprint density at radius 1 is 1.31 bits per heavy atom. The molecule has 0 amide bonds. The van der Waals surface area contributed by atoms with Gasteiger partial charge in [0, 0.05) is 0 Å². The van der Waals surface area contributed by atoms with Crippen molar-refractivity contribution in [3.8, 4) is 0 Å². The van der Waals surface area contributed by atoms with Gasteiger partial charge in [0.05, 0.1) is 0 Å². The maximum Gasteiger partial charge on any atom is 0.323 e. The van der Waals surface area contributed by atoms with Crippen LogP contribution >= 0.6 is 12.4 Å². The van der Waals surface area contributed by atoms with E-state index in [2.05, 4.69) is 0 Å². The van der Waals surface area contributed by atoms with E-state index < -0.39 is 11.5 Å². The van der Waals surface area contributed by atoms with Gasteiger partial charge < -0.3 is 10.8 Å². The lowest BCUT2D eigenvalue weighted by Gasteiger charge is -2.23. The normalized spacial score (nSPS) is 14.4. The molecule has 0 spiro atoms. The second-order valence-corrected chi connectivity index (χ2v) is 3.31. The van der Waals surface area contributed by atoms with E-state index in [1.165, 1.54) is 0 Å². The van der Waals surface area contributed by atoms with Crippen LogP contribution in [0.15, 0.2) is 0 Å². The molecule has 3 nitrogen and oxygen atoms in total. The van der Waals surface area contributed by atoms with Gasteiger partial charge in [0.25, 0.3) is 0 Å². The number of unbranched alkanes of at least 4 members (excludes halogenated alkanes) is 1. The average molecular weight is 210 g/mol. The summed E-state index contributed by atoms with van der Waals surface area (Å²) >= 11 is 0. The maximum absolute atomic E-state index is 10.8. The van der Waals surface area contributed by atoms with Gasteiger partial charge in [-0.25, -0.2) is 0 Å². The van der Waals surface area contributed by atoms with Gasteiger partial charge in [0.2, 0.25) is 0 Å². The minimum atomic E-state index is -0.981. The van der Waals surface area contributed by atoms with Crippen LogP contribution in [0.4, 0.5) is 0 Å². The first-order valence-electron chi connectivity index (χ1n) is 4.59. The van der Waals surface area contributed by atoms with Crippen molar-refractivity contribution >= 4 is 18.4 Å². The van der Waals surface area contributed by atoms with Crippen molar-refractivity contribution in [1.82, 2.24) is 0 Å². The fourth-order valence-electron chi connectivity index (χ4n) is 1.28. The van der Waals surface area contributed by atoms with Crippen molar-refractivity contribution in [1.29, 1.82) is 0 Å². The van der Waals surface area contributed by atoms with Crippen LogP contribution in [0.25, 0.3) is 0 Å². The van der Waals surface area contributed by atoms with Crippen LogP contribution in [0.1, 0.15) is 46.0 Å². The number of aliphatic carboxylic acids is 1. The average Bonchev–Trinajstić information content (AvgIpc) is 2.01. The van der Waals surface area contributed by atoms with E-state index in [4.69, 9.17) is 10.8 Å². The van der Waals surface area contributed by atoms with E-state index >= 15 is 0 Å². The van der Waals surface area contributed by atoms with Gasteiger partial charge in [0.1, 0.15) is 5.54 Å². The zero-order chi connectivity index (χ0) is 9.61. The Hall–Kier alpha value is -0.280. The Kier molecular flexibility index (Phi) is 8.37. The number of hydrogen-bond donors (Lipinski definition) is 2. The Morgan fingerprint density at radius 2 is 1.85 bits per heavy atom. The predicted octanol–water partition coefficient (Wildman–Crippen LogP) is 2.18. The van der Waals surface area contributed by atoms with E-state index in [9.17, 15) is 4.79 Å². The molecule has 0 radical (unpaired) electrons. The largest absolute Gasteiger partial charge is 0.480 e. The molecule has 80 valence electrons. The summed E-state index contributed by atoms with van der Waals surface area (Å²) in [6.45, 7) is 3.99. The second kappa shape index (κ2) is 7.15. The van der Waals surface area contributed by atoms with Crippen LogP contribution in [-0.4, -0.2) is 16.6 Å². The molecule has 0 aromatic rings. The third-order valence-corrected chi connectivity index (χ3v) is 2.10. The molecule has 0 saturated heterocycles. The predicted molar refractivity (Wildman–Crippen MR) is 56.2 cm³/mol. The van der Waals surface area contributed by atoms with Gasteiger partial charge in [-0.1, -0.05) is 33.1 Å². The molecule has 0 bridgehead atoms. The van der Waals surface area contributed by atoms with Crippen molar-refractivity contribution in [3.05, 3.63) is 0 Å². The molecule has 0 aliphatic carbocycles.